The third-order valence-corrected chi connectivity index (χ3v) is 2.92. The van der Waals surface area contributed by atoms with E-state index in [-0.39, 0.29) is 6.03 Å². The van der Waals surface area contributed by atoms with E-state index in [1.54, 1.807) is 23.1 Å². The largest absolute Gasteiger partial charge is 0.378 e. The smallest absolute Gasteiger partial charge is 0.350 e. The highest BCUT2D eigenvalue weighted by atomic mass is 35.5. The zero-order chi connectivity index (χ0) is 12.3. The first kappa shape index (κ1) is 12.3. The number of halogens is 2. The van der Waals surface area contributed by atoms with E-state index in [0.717, 1.165) is 25.9 Å². The van der Waals surface area contributed by atoms with E-state index < -0.39 is 0 Å². The third-order valence-electron chi connectivity index (χ3n) is 2.49. The summed E-state index contributed by atoms with van der Waals surface area (Å²) >= 11 is 11.6. The zero-order valence-electron chi connectivity index (χ0n) is 9.08. The minimum absolute atomic E-state index is 0.237. The molecule has 1 fully saturated rings. The normalized spacial score (nSPS) is 14.8. The molecule has 0 radical (unpaired) electrons. The predicted octanol–water partition coefficient (Wildman–Crippen LogP) is 3.09. The van der Waals surface area contributed by atoms with Crippen molar-refractivity contribution in [1.29, 1.82) is 0 Å². The van der Waals surface area contributed by atoms with Crippen LogP contribution in [0.15, 0.2) is 18.2 Å². The molecule has 0 unspecified atom stereocenters. The van der Waals surface area contributed by atoms with Crippen LogP contribution in [0, 0.1) is 0 Å². The number of urea groups is 1. The first-order valence-corrected chi connectivity index (χ1v) is 6.08. The van der Waals surface area contributed by atoms with E-state index in [1.165, 1.54) is 0 Å². The summed E-state index contributed by atoms with van der Waals surface area (Å²) in [5, 5.41) is 0.922. The van der Waals surface area contributed by atoms with Crippen molar-refractivity contribution in [1.82, 2.24) is 10.4 Å². The maximum absolute atomic E-state index is 11.6. The fourth-order valence-electron chi connectivity index (χ4n) is 1.67. The van der Waals surface area contributed by atoms with Crippen LogP contribution >= 0.6 is 23.2 Å². The molecule has 0 bridgehead atoms. The summed E-state index contributed by atoms with van der Waals surface area (Å²) in [4.78, 5) is 18.4. The molecule has 0 aliphatic carbocycles. The van der Waals surface area contributed by atoms with Crippen LogP contribution in [0.4, 0.5) is 4.79 Å². The van der Waals surface area contributed by atoms with Gasteiger partial charge in [-0.25, -0.2) is 4.79 Å². The molecule has 0 saturated carbocycles. The van der Waals surface area contributed by atoms with Crippen molar-refractivity contribution in [3.63, 3.8) is 0 Å². The van der Waals surface area contributed by atoms with Crippen LogP contribution < -0.4 is 10.3 Å². The van der Waals surface area contributed by atoms with E-state index in [1.807, 2.05) is 0 Å². The van der Waals surface area contributed by atoms with Gasteiger partial charge in [-0.3, -0.25) is 0 Å². The highest BCUT2D eigenvalue weighted by molar-refractivity contribution is 6.34. The Kier molecular flexibility index (Phi) is 3.97. The number of benzene rings is 1. The van der Waals surface area contributed by atoms with Gasteiger partial charge in [0.05, 0.1) is 0 Å². The van der Waals surface area contributed by atoms with Gasteiger partial charge in [0.15, 0.2) is 5.75 Å². The van der Waals surface area contributed by atoms with Crippen LogP contribution in [0.3, 0.4) is 0 Å². The standard InChI is InChI=1S/C11H12Cl2N2O2/c12-8-5-9(13)7-10(6-8)17-14-11(16)15-3-1-2-4-15/h5-7H,1-4H2,(H,14,16). The van der Waals surface area contributed by atoms with Crippen molar-refractivity contribution in [2.45, 2.75) is 12.8 Å². The monoisotopic (exact) mass is 274 g/mol. The van der Waals surface area contributed by atoms with Gasteiger partial charge in [0.25, 0.3) is 0 Å². The second-order valence-electron chi connectivity index (χ2n) is 3.81. The molecular weight excluding hydrogens is 263 g/mol. The second kappa shape index (κ2) is 5.47. The Morgan fingerprint density at radius 3 is 2.35 bits per heavy atom. The molecule has 2 amide bonds. The molecule has 0 aromatic heterocycles. The van der Waals surface area contributed by atoms with Crippen LogP contribution in [0.5, 0.6) is 5.75 Å². The highest BCUT2D eigenvalue weighted by Crippen LogP contribution is 2.23. The molecule has 92 valence electrons. The van der Waals surface area contributed by atoms with Crippen molar-refractivity contribution in [2.24, 2.45) is 0 Å². The summed E-state index contributed by atoms with van der Waals surface area (Å²) in [6, 6.07) is 4.52. The highest BCUT2D eigenvalue weighted by Gasteiger charge is 2.18. The molecule has 1 aliphatic rings. The average molecular weight is 275 g/mol. The van der Waals surface area contributed by atoms with Gasteiger partial charge in [0.1, 0.15) is 0 Å². The van der Waals surface area contributed by atoms with Gasteiger partial charge in [-0.1, -0.05) is 23.2 Å². The minimum atomic E-state index is -0.237. The number of carbonyl (C=O) groups excluding carboxylic acids is 1. The maximum atomic E-state index is 11.6. The number of likely N-dealkylation sites (tertiary alicyclic amines) is 1. The number of hydrogen-bond donors (Lipinski definition) is 1. The Morgan fingerprint density at radius 2 is 1.76 bits per heavy atom. The Morgan fingerprint density at radius 1 is 1.18 bits per heavy atom. The molecule has 1 aromatic carbocycles. The molecule has 2 rings (SSSR count). The van der Waals surface area contributed by atoms with Crippen molar-refractivity contribution < 1.29 is 9.63 Å². The lowest BCUT2D eigenvalue weighted by atomic mass is 10.3. The van der Waals surface area contributed by atoms with E-state index in [4.69, 9.17) is 28.0 Å². The number of nitrogens with zero attached hydrogens (tertiary/aromatic N) is 1. The van der Waals surface area contributed by atoms with Gasteiger partial charge in [-0.05, 0) is 18.9 Å². The van der Waals surface area contributed by atoms with E-state index >= 15 is 0 Å². The number of hydrogen-bond acceptors (Lipinski definition) is 2. The second-order valence-corrected chi connectivity index (χ2v) is 4.68. The molecule has 1 saturated heterocycles. The number of hydroxylamine groups is 1. The van der Waals surface area contributed by atoms with Gasteiger partial charge < -0.3 is 9.74 Å². The van der Waals surface area contributed by atoms with Crippen LogP contribution in [-0.2, 0) is 0 Å². The Bertz CT molecular complexity index is 400. The quantitative estimate of drug-likeness (QED) is 0.843. The molecule has 1 heterocycles. The third kappa shape index (κ3) is 3.41. The number of carbonyl (C=O) groups is 1. The first-order valence-electron chi connectivity index (χ1n) is 5.33. The van der Waals surface area contributed by atoms with Gasteiger partial charge in [0, 0.05) is 35.3 Å². The average Bonchev–Trinajstić information content (AvgIpc) is 2.78. The van der Waals surface area contributed by atoms with Gasteiger partial charge in [-0.15, -0.1) is 0 Å². The van der Waals surface area contributed by atoms with Crippen LogP contribution in [0.25, 0.3) is 0 Å². The van der Waals surface area contributed by atoms with Crippen molar-refractivity contribution in [3.05, 3.63) is 28.2 Å². The molecule has 17 heavy (non-hydrogen) atoms. The molecule has 1 aliphatic heterocycles. The molecule has 6 heteroatoms. The Balaban J connectivity index is 1.90. The number of rotatable bonds is 2. The summed E-state index contributed by atoms with van der Waals surface area (Å²) in [5.41, 5.74) is 2.37. The summed E-state index contributed by atoms with van der Waals surface area (Å²) in [6.45, 7) is 1.54. The lowest BCUT2D eigenvalue weighted by Gasteiger charge is -2.16. The number of nitrogens with one attached hydrogen (secondary N) is 1. The molecular formula is C11H12Cl2N2O2. The molecule has 1 N–H and O–H groups in total. The SMILES string of the molecule is O=C(NOc1cc(Cl)cc(Cl)c1)N1CCCC1. The summed E-state index contributed by atoms with van der Waals surface area (Å²) in [5.74, 6) is 0.412. The van der Waals surface area contributed by atoms with E-state index in [0.29, 0.717) is 15.8 Å². The van der Waals surface area contributed by atoms with Crippen molar-refractivity contribution in [3.8, 4) is 5.75 Å². The molecule has 1 aromatic rings. The zero-order valence-corrected chi connectivity index (χ0v) is 10.6. The molecule has 0 atom stereocenters. The van der Waals surface area contributed by atoms with E-state index in [9.17, 15) is 4.79 Å². The van der Waals surface area contributed by atoms with Crippen LogP contribution in [0.1, 0.15) is 12.8 Å². The topological polar surface area (TPSA) is 41.6 Å². The minimum Gasteiger partial charge on any atom is -0.378 e. The van der Waals surface area contributed by atoms with Crippen molar-refractivity contribution >= 4 is 29.2 Å². The fraction of sp³-hybridized carbons (Fsp3) is 0.364. The van der Waals surface area contributed by atoms with E-state index in [2.05, 4.69) is 5.48 Å². The Hall–Kier alpha value is -1.13. The van der Waals surface area contributed by atoms with Crippen molar-refractivity contribution in [2.75, 3.05) is 13.1 Å². The summed E-state index contributed by atoms with van der Waals surface area (Å²) in [6.07, 6.45) is 2.08. The maximum Gasteiger partial charge on any atom is 0.350 e. The van der Waals surface area contributed by atoms with Gasteiger partial charge in [-0.2, -0.15) is 5.48 Å². The molecule has 4 nitrogen and oxygen atoms in total. The van der Waals surface area contributed by atoms with Gasteiger partial charge in [0.2, 0.25) is 0 Å². The Labute approximate surface area is 109 Å². The first-order chi connectivity index (χ1) is 8.15. The summed E-state index contributed by atoms with van der Waals surface area (Å²) in [7, 11) is 0. The van der Waals surface area contributed by atoms with Crippen LogP contribution in [-0.4, -0.2) is 24.0 Å². The predicted molar refractivity (Wildman–Crippen MR) is 66.4 cm³/mol. The lowest BCUT2D eigenvalue weighted by Crippen LogP contribution is -2.39. The van der Waals surface area contributed by atoms with Gasteiger partial charge >= 0.3 is 6.03 Å². The molecule has 0 spiro atoms. The van der Waals surface area contributed by atoms with Crippen LogP contribution in [0.2, 0.25) is 10.0 Å². The fourth-order valence-corrected chi connectivity index (χ4v) is 2.18. The lowest BCUT2D eigenvalue weighted by molar-refractivity contribution is 0.150. The summed E-state index contributed by atoms with van der Waals surface area (Å²) < 4.78 is 0. The number of amides is 2.